The first-order chi connectivity index (χ1) is 38.5. The van der Waals surface area contributed by atoms with Crippen molar-refractivity contribution in [1.82, 2.24) is 16.0 Å². The normalized spacial score (nSPS) is 42.2. The number of carbonyl (C=O) groups is 4. The Morgan fingerprint density at radius 3 is 1.71 bits per heavy atom. The summed E-state index contributed by atoms with van der Waals surface area (Å²) in [6, 6.07) is -5.48. The fourth-order valence-corrected chi connectivity index (χ4v) is 9.86. The van der Waals surface area contributed by atoms with Crippen LogP contribution in [0.2, 0.25) is 0 Å². The van der Waals surface area contributed by atoms with E-state index in [9.17, 15) is 121 Å². The molecule has 0 spiro atoms. The predicted molar refractivity (Wildman–Crippen MR) is 253 cm³/mol. The largest absolute Gasteiger partial charge is 0.477 e. The van der Waals surface area contributed by atoms with E-state index in [1.807, 2.05) is 0 Å². The summed E-state index contributed by atoms with van der Waals surface area (Å²) >= 11 is 0. The van der Waals surface area contributed by atoms with Gasteiger partial charge in [-0.2, -0.15) is 0 Å². The molecule has 30 atom stereocenters. The molecule has 0 unspecified atom stereocenters. The van der Waals surface area contributed by atoms with Crippen LogP contribution in [-0.4, -0.2) is 355 Å². The van der Waals surface area contributed by atoms with Gasteiger partial charge in [-0.15, -0.1) is 0 Å². The van der Waals surface area contributed by atoms with Crippen LogP contribution in [0, 0.1) is 0 Å². The minimum absolute atomic E-state index is 0.900. The highest BCUT2D eigenvalue weighted by atomic mass is 16.8. The van der Waals surface area contributed by atoms with E-state index >= 15 is 0 Å². The molecule has 5 saturated heterocycles. The van der Waals surface area contributed by atoms with E-state index in [2.05, 4.69) is 16.0 Å². The fourth-order valence-electron chi connectivity index (χ4n) is 9.86. The number of aliphatic hydroxyl groups is 19. The Morgan fingerprint density at radius 1 is 0.598 bits per heavy atom. The molecular weight excluding hydrogens is 1130 g/mol. The van der Waals surface area contributed by atoms with Crippen molar-refractivity contribution in [3.05, 3.63) is 0 Å². The van der Waals surface area contributed by atoms with E-state index in [0.717, 1.165) is 13.8 Å². The second-order valence-corrected chi connectivity index (χ2v) is 20.2. The second kappa shape index (κ2) is 30.4. The smallest absolute Gasteiger partial charge is 0.364 e. The third-order valence-electron chi connectivity index (χ3n) is 14.3. The molecule has 0 aromatic carbocycles. The lowest BCUT2D eigenvalue weighted by Gasteiger charge is -2.50. The van der Waals surface area contributed by atoms with Crippen molar-refractivity contribution in [3.8, 4) is 0 Å². The van der Waals surface area contributed by atoms with Crippen molar-refractivity contribution in [1.29, 1.82) is 0 Å². The topological polar surface area (TPSA) is 601 Å². The van der Waals surface area contributed by atoms with Crippen LogP contribution in [0.3, 0.4) is 0 Å². The molecule has 0 saturated carbocycles. The fraction of sp³-hybridized carbons (Fsp3) is 0.911. The number of hydrogen-bond donors (Lipinski definition) is 23. The van der Waals surface area contributed by atoms with Crippen molar-refractivity contribution < 1.29 is 169 Å². The second-order valence-electron chi connectivity index (χ2n) is 20.2. The first-order valence-corrected chi connectivity index (χ1v) is 25.7. The van der Waals surface area contributed by atoms with Crippen LogP contribution in [0.5, 0.6) is 0 Å². The summed E-state index contributed by atoms with van der Waals surface area (Å²) in [4.78, 5) is 50.6. The average molecular weight is 1200 g/mol. The number of nitrogens with one attached hydrogen (secondary N) is 3. The number of aliphatic carboxylic acids is 1. The molecule has 0 aromatic rings. The number of rotatable bonds is 26. The first kappa shape index (κ1) is 69.5. The molecule has 37 heteroatoms. The number of hydrogen-bond acceptors (Lipinski definition) is 33. The summed E-state index contributed by atoms with van der Waals surface area (Å²) < 4.78 is 57.6. The molecule has 0 aliphatic carbocycles. The van der Waals surface area contributed by atoms with Gasteiger partial charge in [-0.3, -0.25) is 14.4 Å². The van der Waals surface area contributed by atoms with Crippen LogP contribution in [0.1, 0.15) is 27.2 Å². The molecule has 5 aliphatic heterocycles. The van der Waals surface area contributed by atoms with Gasteiger partial charge in [0.15, 0.2) is 25.2 Å². The maximum absolute atomic E-state index is 13.1. The van der Waals surface area contributed by atoms with Gasteiger partial charge in [0, 0.05) is 20.3 Å². The third kappa shape index (κ3) is 15.8. The van der Waals surface area contributed by atoms with Crippen molar-refractivity contribution in [2.75, 3.05) is 46.2 Å². The third-order valence-corrected chi connectivity index (χ3v) is 14.3. The van der Waals surface area contributed by atoms with Gasteiger partial charge in [0.25, 0.3) is 5.79 Å². The van der Waals surface area contributed by atoms with Crippen LogP contribution < -0.4 is 16.0 Å². The molecule has 82 heavy (non-hydrogen) atoms. The van der Waals surface area contributed by atoms with Gasteiger partial charge in [0.05, 0.1) is 63.9 Å². The van der Waals surface area contributed by atoms with Gasteiger partial charge in [-0.05, 0) is 6.92 Å². The highest BCUT2D eigenvalue weighted by Gasteiger charge is 2.61. The molecule has 37 nitrogen and oxygen atoms in total. The Hall–Kier alpha value is -3.28. The number of carbonyl (C=O) groups excluding carboxylic acids is 3. The summed E-state index contributed by atoms with van der Waals surface area (Å²) in [5.74, 6) is -8.49. The van der Waals surface area contributed by atoms with Crippen LogP contribution in [0.4, 0.5) is 0 Å². The summed E-state index contributed by atoms with van der Waals surface area (Å²) in [5, 5.41) is 220. The number of carboxylic acids is 1. The monoisotopic (exact) mass is 1200 g/mol. The van der Waals surface area contributed by atoms with E-state index in [1.54, 1.807) is 0 Å². The van der Waals surface area contributed by atoms with E-state index in [1.165, 1.54) is 6.92 Å². The van der Waals surface area contributed by atoms with Gasteiger partial charge in [0.2, 0.25) is 17.7 Å². The predicted octanol–water partition coefficient (Wildman–Crippen LogP) is -14.8. The molecular formula is C45H77N3O34. The van der Waals surface area contributed by atoms with Crippen LogP contribution in [-0.2, 0) is 66.5 Å². The molecule has 3 amide bonds. The molecule has 5 heterocycles. The Balaban J connectivity index is 1.47. The molecule has 0 aromatic heterocycles. The minimum Gasteiger partial charge on any atom is -0.477 e. The lowest BCUT2D eigenvalue weighted by atomic mass is 9.88. The lowest BCUT2D eigenvalue weighted by molar-refractivity contribution is -0.377. The Bertz CT molecular complexity index is 2040. The van der Waals surface area contributed by atoms with E-state index in [4.69, 9.17) is 47.4 Å². The standard InChI is InChI=1S/C45H77N3O34/c1-12-25(61)30(66)32(68)41(74-12)80-38-24(47-14(3)56)40(77-21(9-53)36(38)79-42-33(69)31(67)28(64)19(7-51)75-42)73-11-18(59)27(63)35(15(5-49)46-13(2)55)78-43-34(70)39(29(65)20(8-52)76-43)82-45(44(71)72)4-16(57)23(48-22(60)10-54)37(81-45)26(62)17(58)6-50/h12,15-21,23-43,49-54,57-59,61-70H,4-11H2,1-3H3,(H,46,55)(H,47,56)(H,48,60)(H,71,72)/t12-,15-,16-,17+,18+,19+,20+,21+,23+,24+,25+,26+,27-,28-,29-,30+,31-,32-,33+,34+,35+,36+,37+,38+,39-,40+,41-,42-,43-,45-/m0/s1. The molecule has 5 rings (SSSR count). The molecule has 0 radical (unpaired) electrons. The average Bonchev–Trinajstić information content (AvgIpc) is 2.74. The zero-order chi connectivity index (χ0) is 61.4. The van der Waals surface area contributed by atoms with E-state index in [-0.39, 0.29) is 0 Å². The van der Waals surface area contributed by atoms with Gasteiger partial charge in [0.1, 0.15) is 135 Å². The number of carboxylic acid groups (broad SMARTS) is 1. The van der Waals surface area contributed by atoms with Gasteiger partial charge < -0.3 is 165 Å². The van der Waals surface area contributed by atoms with Crippen molar-refractivity contribution in [2.24, 2.45) is 0 Å². The number of amides is 3. The SMILES string of the molecule is CC(=O)N[C@H]1[C@H](OC[C@@H](O)[C@H](O)[C@H](O[C@@H]2O[C@H](CO)[C@H](O)[C@H](O[C@]3(C(=O)O)C[C@H](O)[C@@H](NC(=O)CO)[C@H]([C@H](O)[C@H](O)CO)O3)[C@H]2O)[C@H](CO)NC(C)=O)O[C@H](CO)[C@@H](O[C@@H]2O[C@H](CO)[C@H](O)[C@H](O)[C@H]2O)[C@@H]1O[C@@H]1O[C@@H](C)[C@@H](O)[C@@H](O)[C@@H]1O. The summed E-state index contributed by atoms with van der Waals surface area (Å²) in [6.07, 6.45) is -54.7. The lowest BCUT2D eigenvalue weighted by Crippen LogP contribution is -2.71. The number of ether oxygens (including phenoxy) is 10. The highest BCUT2D eigenvalue weighted by molar-refractivity contribution is 5.78. The molecule has 476 valence electrons. The van der Waals surface area contributed by atoms with Crippen molar-refractivity contribution in [2.45, 2.75) is 211 Å². The molecule has 0 bridgehead atoms. The van der Waals surface area contributed by atoms with Gasteiger partial charge in [-0.1, -0.05) is 0 Å². The van der Waals surface area contributed by atoms with Crippen LogP contribution in [0.15, 0.2) is 0 Å². The Kier molecular flexibility index (Phi) is 25.7. The van der Waals surface area contributed by atoms with E-state index in [0.29, 0.717) is 0 Å². The molecule has 5 aliphatic rings. The van der Waals surface area contributed by atoms with Crippen molar-refractivity contribution >= 4 is 23.7 Å². The Morgan fingerprint density at radius 2 is 1.16 bits per heavy atom. The zero-order valence-electron chi connectivity index (χ0n) is 44.1. The quantitative estimate of drug-likeness (QED) is 0.0382. The maximum atomic E-state index is 13.1. The number of aliphatic hydroxyl groups excluding tert-OH is 19. The zero-order valence-corrected chi connectivity index (χ0v) is 44.1. The molecule has 23 N–H and O–H groups in total. The van der Waals surface area contributed by atoms with Gasteiger partial charge >= 0.3 is 5.97 Å². The first-order valence-electron chi connectivity index (χ1n) is 25.7. The van der Waals surface area contributed by atoms with Crippen LogP contribution >= 0.6 is 0 Å². The van der Waals surface area contributed by atoms with Crippen LogP contribution in [0.25, 0.3) is 0 Å². The highest BCUT2D eigenvalue weighted by Crippen LogP contribution is 2.39. The van der Waals surface area contributed by atoms with Crippen molar-refractivity contribution in [3.63, 3.8) is 0 Å². The van der Waals surface area contributed by atoms with E-state index < -0.39 is 260 Å². The minimum atomic E-state index is -3.31. The summed E-state index contributed by atoms with van der Waals surface area (Å²) in [5.41, 5.74) is 0. The van der Waals surface area contributed by atoms with Gasteiger partial charge in [-0.25, -0.2) is 4.79 Å². The maximum Gasteiger partial charge on any atom is 0.364 e. The Labute approximate surface area is 464 Å². The molecule has 5 fully saturated rings. The summed E-state index contributed by atoms with van der Waals surface area (Å²) in [6.45, 7) is -4.79. The summed E-state index contributed by atoms with van der Waals surface area (Å²) in [7, 11) is 0.